The number of sulfone groups is 1. The highest BCUT2D eigenvalue weighted by Gasteiger charge is 2.48. The van der Waals surface area contributed by atoms with E-state index in [2.05, 4.69) is 0 Å². The van der Waals surface area contributed by atoms with E-state index in [1.807, 2.05) is 6.92 Å². The summed E-state index contributed by atoms with van der Waals surface area (Å²) in [5, 5.41) is 0. The summed E-state index contributed by atoms with van der Waals surface area (Å²) >= 11 is 0. The monoisotopic (exact) mass is 337 g/mol. The Bertz CT molecular complexity index is 608. The van der Waals surface area contributed by atoms with E-state index in [0.29, 0.717) is 32.5 Å². The fourth-order valence-electron chi connectivity index (χ4n) is 2.57. The summed E-state index contributed by atoms with van der Waals surface area (Å²) in [6.07, 6.45) is 1.40. The predicted molar refractivity (Wildman–Crippen MR) is 76.5 cm³/mol. The molecule has 1 aliphatic rings. The largest absolute Gasteiger partial charge is 0.501 e. The molecule has 1 aromatic rings. The van der Waals surface area contributed by atoms with Crippen molar-refractivity contribution in [3.05, 3.63) is 24.3 Å². The zero-order valence-electron chi connectivity index (χ0n) is 12.1. The van der Waals surface area contributed by atoms with Crippen molar-refractivity contribution in [2.45, 2.75) is 36.3 Å². The second-order valence-corrected chi connectivity index (χ2v) is 6.97. The van der Waals surface area contributed by atoms with Gasteiger partial charge in [-0.25, -0.2) is 8.42 Å². The summed E-state index contributed by atoms with van der Waals surface area (Å²) in [6.45, 7) is 3.41. The lowest BCUT2D eigenvalue weighted by molar-refractivity contribution is -0.0435. The minimum Gasteiger partial charge on any atom is -0.378 e. The Morgan fingerprint density at radius 2 is 1.82 bits per heavy atom. The van der Waals surface area contributed by atoms with Crippen LogP contribution < -0.4 is 4.90 Å². The maximum atomic E-state index is 12.8. The quantitative estimate of drug-likeness (QED) is 0.847. The Morgan fingerprint density at radius 1 is 1.23 bits per heavy atom. The molecule has 0 amide bonds. The van der Waals surface area contributed by atoms with Gasteiger partial charge in [0.25, 0.3) is 9.84 Å². The van der Waals surface area contributed by atoms with Crippen LogP contribution in [0.5, 0.6) is 0 Å². The number of benzene rings is 1. The number of alkyl halides is 3. The van der Waals surface area contributed by atoms with Gasteiger partial charge in [0.15, 0.2) is 0 Å². The van der Waals surface area contributed by atoms with Gasteiger partial charge < -0.3 is 9.64 Å². The lowest BCUT2D eigenvalue weighted by Crippen LogP contribution is -2.38. The van der Waals surface area contributed by atoms with Crippen LogP contribution in [0.1, 0.15) is 19.8 Å². The van der Waals surface area contributed by atoms with Gasteiger partial charge in [-0.2, -0.15) is 13.2 Å². The van der Waals surface area contributed by atoms with Crippen molar-refractivity contribution in [1.29, 1.82) is 0 Å². The Morgan fingerprint density at radius 3 is 2.36 bits per heavy atom. The third kappa shape index (κ3) is 3.38. The van der Waals surface area contributed by atoms with Crippen molar-refractivity contribution in [3.63, 3.8) is 0 Å². The molecule has 1 aliphatic heterocycles. The molecule has 0 saturated carbocycles. The van der Waals surface area contributed by atoms with Crippen molar-refractivity contribution >= 4 is 15.5 Å². The van der Waals surface area contributed by atoms with E-state index >= 15 is 0 Å². The molecule has 0 N–H and O–H groups in total. The number of nitrogens with zero attached hydrogens (tertiary/aromatic N) is 1. The molecular formula is C14H18F3NO3S. The van der Waals surface area contributed by atoms with E-state index in [1.54, 1.807) is 11.0 Å². The standard InChI is InChI=1S/C14H18F3NO3S/c1-2-21-11-7-9-18(10-8-11)12-5-3-4-6-13(12)22(19,20)14(15,16)17/h3-6,11H,2,7-10H2,1H3. The van der Waals surface area contributed by atoms with Gasteiger partial charge in [-0.3, -0.25) is 0 Å². The molecule has 0 bridgehead atoms. The minimum atomic E-state index is -5.35. The Hall–Kier alpha value is -1.28. The van der Waals surface area contributed by atoms with Crippen molar-refractivity contribution in [2.24, 2.45) is 0 Å². The first-order chi connectivity index (χ1) is 10.3. The normalized spacial score (nSPS) is 17.7. The van der Waals surface area contributed by atoms with Crippen LogP contribution in [0.3, 0.4) is 0 Å². The molecule has 1 aromatic carbocycles. The number of ether oxygens (including phenoxy) is 1. The van der Waals surface area contributed by atoms with Gasteiger partial charge in [0.05, 0.1) is 16.7 Å². The number of hydrogen-bond acceptors (Lipinski definition) is 4. The minimum absolute atomic E-state index is 0.0765. The molecule has 0 aromatic heterocycles. The van der Waals surface area contributed by atoms with Crippen molar-refractivity contribution in [2.75, 3.05) is 24.6 Å². The Balaban J connectivity index is 2.28. The first-order valence-corrected chi connectivity index (χ1v) is 8.52. The molecule has 0 unspecified atom stereocenters. The summed E-state index contributed by atoms with van der Waals surface area (Å²) in [7, 11) is -5.35. The maximum Gasteiger partial charge on any atom is 0.501 e. The van der Waals surface area contributed by atoms with Gasteiger partial charge in [-0.15, -0.1) is 0 Å². The van der Waals surface area contributed by atoms with E-state index in [0.717, 1.165) is 6.07 Å². The highest BCUT2D eigenvalue weighted by atomic mass is 32.2. The molecule has 1 heterocycles. The Kier molecular flexibility index (Phi) is 5.01. The molecule has 0 aliphatic carbocycles. The topological polar surface area (TPSA) is 46.6 Å². The van der Waals surface area contributed by atoms with Crippen LogP contribution in [0.2, 0.25) is 0 Å². The molecule has 22 heavy (non-hydrogen) atoms. The molecule has 2 rings (SSSR count). The van der Waals surface area contributed by atoms with E-state index in [1.165, 1.54) is 12.1 Å². The summed E-state index contributed by atoms with van der Waals surface area (Å²) < 4.78 is 67.3. The van der Waals surface area contributed by atoms with E-state index < -0.39 is 20.2 Å². The van der Waals surface area contributed by atoms with Crippen LogP contribution in [-0.4, -0.2) is 39.7 Å². The molecule has 8 heteroatoms. The van der Waals surface area contributed by atoms with Crippen LogP contribution >= 0.6 is 0 Å². The third-order valence-corrected chi connectivity index (χ3v) is 5.18. The summed E-state index contributed by atoms with van der Waals surface area (Å²) in [4.78, 5) is 0.992. The second kappa shape index (κ2) is 6.45. The summed E-state index contributed by atoms with van der Waals surface area (Å²) in [5.74, 6) is 0. The van der Waals surface area contributed by atoms with Crippen molar-refractivity contribution in [3.8, 4) is 0 Å². The Labute approximate surface area is 127 Å². The van der Waals surface area contributed by atoms with Gasteiger partial charge in [0.1, 0.15) is 0 Å². The van der Waals surface area contributed by atoms with Crippen LogP contribution in [0, 0.1) is 0 Å². The third-order valence-electron chi connectivity index (χ3n) is 3.64. The fraction of sp³-hybridized carbons (Fsp3) is 0.571. The molecule has 0 spiro atoms. The molecule has 1 fully saturated rings. The van der Waals surface area contributed by atoms with Gasteiger partial charge in [0, 0.05) is 19.7 Å². The van der Waals surface area contributed by atoms with Crippen LogP contribution in [-0.2, 0) is 14.6 Å². The van der Waals surface area contributed by atoms with Gasteiger partial charge in [0.2, 0.25) is 0 Å². The van der Waals surface area contributed by atoms with Gasteiger partial charge in [-0.1, -0.05) is 12.1 Å². The number of halogens is 3. The first kappa shape index (κ1) is 17.1. The molecule has 0 radical (unpaired) electrons. The average molecular weight is 337 g/mol. The summed E-state index contributed by atoms with van der Waals surface area (Å²) in [5.41, 5.74) is -5.19. The van der Waals surface area contributed by atoms with Gasteiger partial charge in [-0.05, 0) is 31.9 Å². The number of hydrogen-bond donors (Lipinski definition) is 0. The number of piperidine rings is 1. The molecular weight excluding hydrogens is 319 g/mol. The first-order valence-electron chi connectivity index (χ1n) is 7.04. The van der Waals surface area contributed by atoms with Crippen LogP contribution in [0.25, 0.3) is 0 Å². The van der Waals surface area contributed by atoms with Crippen LogP contribution in [0.4, 0.5) is 18.9 Å². The molecule has 0 atom stereocenters. The zero-order valence-corrected chi connectivity index (χ0v) is 13.0. The highest BCUT2D eigenvalue weighted by molar-refractivity contribution is 7.92. The molecule has 1 saturated heterocycles. The van der Waals surface area contributed by atoms with Gasteiger partial charge >= 0.3 is 5.51 Å². The van der Waals surface area contributed by atoms with E-state index in [4.69, 9.17) is 4.74 Å². The maximum absolute atomic E-state index is 12.8. The lowest BCUT2D eigenvalue weighted by Gasteiger charge is -2.34. The molecule has 124 valence electrons. The predicted octanol–water partition coefficient (Wildman–Crippen LogP) is 2.99. The number of anilines is 1. The fourth-order valence-corrected chi connectivity index (χ4v) is 3.55. The second-order valence-electron chi connectivity index (χ2n) is 5.06. The zero-order chi connectivity index (χ0) is 16.4. The SMILES string of the molecule is CCOC1CCN(c2ccccc2S(=O)(=O)C(F)(F)F)CC1. The summed E-state index contributed by atoms with van der Waals surface area (Å²) in [6, 6.07) is 5.26. The number of para-hydroxylation sites is 1. The van der Waals surface area contributed by atoms with Crippen molar-refractivity contribution in [1.82, 2.24) is 0 Å². The lowest BCUT2D eigenvalue weighted by atomic mass is 10.1. The smallest absolute Gasteiger partial charge is 0.378 e. The number of rotatable bonds is 4. The van der Waals surface area contributed by atoms with Crippen LogP contribution in [0.15, 0.2) is 29.2 Å². The van der Waals surface area contributed by atoms with Crippen molar-refractivity contribution < 1.29 is 26.3 Å². The van der Waals surface area contributed by atoms with E-state index in [9.17, 15) is 21.6 Å². The highest BCUT2D eigenvalue weighted by Crippen LogP contribution is 2.36. The average Bonchev–Trinajstić information content (AvgIpc) is 2.47. The molecule has 4 nitrogen and oxygen atoms in total. The van der Waals surface area contributed by atoms with E-state index in [-0.39, 0.29) is 11.8 Å².